The number of nitrogens with zero attached hydrogens (tertiary/aromatic N) is 1. The lowest BCUT2D eigenvalue weighted by Gasteiger charge is -2.06. The number of alkyl halides is 1. The Morgan fingerprint density at radius 1 is 1.64 bits per heavy atom. The van der Waals surface area contributed by atoms with Crippen LogP contribution in [-0.4, -0.2) is 18.7 Å². The number of hydrogen-bond acceptors (Lipinski definition) is 2. The Balaban J connectivity index is 2.61. The fraction of sp³-hybridized carbons (Fsp3) is 0.375. The van der Waals surface area contributed by atoms with Crippen LogP contribution >= 0.6 is 15.9 Å². The van der Waals surface area contributed by atoms with E-state index in [0.717, 1.165) is 5.69 Å². The molecule has 11 heavy (non-hydrogen) atoms. The predicted molar refractivity (Wildman–Crippen MR) is 47.8 cm³/mol. The predicted octanol–water partition coefficient (Wildman–Crippen LogP) is 2.16. The Bertz CT molecular complexity index is 203. The lowest BCUT2D eigenvalue weighted by molar-refractivity contribution is 0.200. The zero-order valence-corrected chi connectivity index (χ0v) is 7.91. The molecule has 2 nitrogen and oxygen atoms in total. The molecule has 0 saturated heterocycles. The van der Waals surface area contributed by atoms with E-state index in [1.54, 1.807) is 13.3 Å². The summed E-state index contributed by atoms with van der Waals surface area (Å²) in [4.78, 5) is 4.37. The standard InChI is InChI=1S/C8H10BrNO/c1-11-6-7(9)8-4-2-3-5-10-8/h2-5,7H,6H2,1H3. The number of rotatable bonds is 3. The summed E-state index contributed by atoms with van der Waals surface area (Å²) < 4.78 is 4.97. The molecular weight excluding hydrogens is 206 g/mol. The molecule has 1 rings (SSSR count). The van der Waals surface area contributed by atoms with Crippen LogP contribution in [0.25, 0.3) is 0 Å². The maximum Gasteiger partial charge on any atom is 0.0801 e. The molecule has 1 atom stereocenters. The van der Waals surface area contributed by atoms with Gasteiger partial charge in [-0.3, -0.25) is 4.98 Å². The molecular formula is C8H10BrNO. The molecule has 0 spiro atoms. The van der Waals surface area contributed by atoms with Gasteiger partial charge >= 0.3 is 0 Å². The van der Waals surface area contributed by atoms with Gasteiger partial charge in [0.25, 0.3) is 0 Å². The average molecular weight is 216 g/mol. The van der Waals surface area contributed by atoms with E-state index in [-0.39, 0.29) is 4.83 Å². The van der Waals surface area contributed by atoms with Gasteiger partial charge in [-0.05, 0) is 12.1 Å². The minimum absolute atomic E-state index is 0.202. The minimum Gasteiger partial charge on any atom is -0.383 e. The van der Waals surface area contributed by atoms with E-state index in [9.17, 15) is 0 Å². The van der Waals surface area contributed by atoms with E-state index in [1.165, 1.54) is 0 Å². The number of halogens is 1. The summed E-state index contributed by atoms with van der Waals surface area (Å²) in [5, 5.41) is 0. The SMILES string of the molecule is COCC(Br)c1ccccn1. The highest BCUT2D eigenvalue weighted by Gasteiger charge is 2.05. The molecule has 0 saturated carbocycles. The second kappa shape index (κ2) is 4.46. The quantitative estimate of drug-likeness (QED) is 0.722. The molecule has 1 aromatic rings. The Kier molecular flexibility index (Phi) is 3.52. The molecule has 1 unspecified atom stereocenters. The number of ether oxygens (including phenoxy) is 1. The summed E-state index contributed by atoms with van der Waals surface area (Å²) in [7, 11) is 1.68. The molecule has 0 N–H and O–H groups in total. The van der Waals surface area contributed by atoms with Crippen molar-refractivity contribution in [1.29, 1.82) is 0 Å². The van der Waals surface area contributed by atoms with Crippen molar-refractivity contribution < 1.29 is 4.74 Å². The van der Waals surface area contributed by atoms with Crippen LogP contribution in [0.2, 0.25) is 0 Å². The first-order valence-electron chi connectivity index (χ1n) is 3.38. The summed E-state index contributed by atoms with van der Waals surface area (Å²) in [5.41, 5.74) is 1.01. The molecule has 0 aliphatic rings. The van der Waals surface area contributed by atoms with Gasteiger partial charge in [-0.1, -0.05) is 22.0 Å². The number of aromatic nitrogens is 1. The topological polar surface area (TPSA) is 22.1 Å². The molecule has 0 aliphatic heterocycles. The summed E-state index contributed by atoms with van der Waals surface area (Å²) in [5.74, 6) is 0. The molecule has 0 aliphatic carbocycles. The third-order valence-corrected chi connectivity index (χ3v) is 2.06. The second-order valence-corrected chi connectivity index (χ2v) is 3.28. The number of hydrogen-bond donors (Lipinski definition) is 0. The zero-order valence-electron chi connectivity index (χ0n) is 6.33. The molecule has 0 aromatic carbocycles. The first-order chi connectivity index (χ1) is 5.34. The van der Waals surface area contributed by atoms with E-state index in [1.807, 2.05) is 18.2 Å². The van der Waals surface area contributed by atoms with E-state index in [2.05, 4.69) is 20.9 Å². The highest BCUT2D eigenvalue weighted by atomic mass is 79.9. The van der Waals surface area contributed by atoms with Crippen molar-refractivity contribution in [2.45, 2.75) is 4.83 Å². The Morgan fingerprint density at radius 3 is 3.00 bits per heavy atom. The van der Waals surface area contributed by atoms with Crippen molar-refractivity contribution in [3.8, 4) is 0 Å². The van der Waals surface area contributed by atoms with Gasteiger partial charge in [-0.15, -0.1) is 0 Å². The third-order valence-electron chi connectivity index (χ3n) is 1.32. The summed E-state index contributed by atoms with van der Waals surface area (Å²) in [6, 6.07) is 5.83. The van der Waals surface area contributed by atoms with Crippen molar-refractivity contribution in [1.82, 2.24) is 4.98 Å². The third kappa shape index (κ3) is 2.60. The first-order valence-corrected chi connectivity index (χ1v) is 4.30. The summed E-state index contributed by atoms with van der Waals surface area (Å²) in [6.45, 7) is 0.650. The van der Waals surface area contributed by atoms with E-state index in [0.29, 0.717) is 6.61 Å². The van der Waals surface area contributed by atoms with Gasteiger partial charge in [0.2, 0.25) is 0 Å². The van der Waals surface area contributed by atoms with Gasteiger partial charge < -0.3 is 4.74 Å². The maximum atomic E-state index is 4.97. The molecule has 1 aromatic heterocycles. The highest BCUT2D eigenvalue weighted by Crippen LogP contribution is 2.19. The van der Waals surface area contributed by atoms with E-state index < -0.39 is 0 Å². The summed E-state index contributed by atoms with van der Waals surface area (Å²) >= 11 is 3.46. The smallest absolute Gasteiger partial charge is 0.0801 e. The van der Waals surface area contributed by atoms with Crippen molar-refractivity contribution in [2.75, 3.05) is 13.7 Å². The normalized spacial score (nSPS) is 12.9. The van der Waals surface area contributed by atoms with Crippen molar-refractivity contribution in [2.24, 2.45) is 0 Å². The van der Waals surface area contributed by atoms with Crippen LogP contribution in [0, 0.1) is 0 Å². The number of methoxy groups -OCH3 is 1. The van der Waals surface area contributed by atoms with Gasteiger partial charge in [0.1, 0.15) is 0 Å². The Hall–Kier alpha value is -0.410. The van der Waals surface area contributed by atoms with Gasteiger partial charge in [-0.2, -0.15) is 0 Å². The van der Waals surface area contributed by atoms with Crippen LogP contribution in [0.15, 0.2) is 24.4 Å². The fourth-order valence-electron chi connectivity index (χ4n) is 0.793. The largest absolute Gasteiger partial charge is 0.383 e. The van der Waals surface area contributed by atoms with Crippen molar-refractivity contribution in [3.63, 3.8) is 0 Å². The molecule has 0 radical (unpaired) electrons. The fourth-order valence-corrected chi connectivity index (χ4v) is 1.33. The maximum absolute atomic E-state index is 4.97. The van der Waals surface area contributed by atoms with Crippen LogP contribution in [0.5, 0.6) is 0 Å². The second-order valence-electron chi connectivity index (χ2n) is 2.18. The summed E-state index contributed by atoms with van der Waals surface area (Å²) in [6.07, 6.45) is 1.78. The monoisotopic (exact) mass is 215 g/mol. The highest BCUT2D eigenvalue weighted by molar-refractivity contribution is 9.09. The van der Waals surface area contributed by atoms with Crippen LogP contribution in [0.1, 0.15) is 10.5 Å². The van der Waals surface area contributed by atoms with Crippen molar-refractivity contribution in [3.05, 3.63) is 30.1 Å². The first kappa shape index (κ1) is 8.68. The Labute approximate surface area is 74.7 Å². The molecule has 0 fully saturated rings. The molecule has 0 bridgehead atoms. The van der Waals surface area contributed by atoms with E-state index in [4.69, 9.17) is 4.74 Å². The lowest BCUT2D eigenvalue weighted by Crippen LogP contribution is -2.00. The molecule has 1 heterocycles. The van der Waals surface area contributed by atoms with Gasteiger partial charge in [0.15, 0.2) is 0 Å². The van der Waals surface area contributed by atoms with E-state index >= 15 is 0 Å². The minimum atomic E-state index is 0.202. The van der Waals surface area contributed by atoms with Crippen LogP contribution in [-0.2, 0) is 4.74 Å². The zero-order chi connectivity index (χ0) is 8.10. The van der Waals surface area contributed by atoms with Gasteiger partial charge in [0, 0.05) is 13.3 Å². The molecule has 60 valence electrons. The molecule has 0 amide bonds. The number of pyridine rings is 1. The van der Waals surface area contributed by atoms with Crippen LogP contribution in [0.4, 0.5) is 0 Å². The Morgan fingerprint density at radius 2 is 2.45 bits per heavy atom. The van der Waals surface area contributed by atoms with Gasteiger partial charge in [-0.25, -0.2) is 0 Å². The lowest BCUT2D eigenvalue weighted by atomic mass is 10.3. The average Bonchev–Trinajstić information content (AvgIpc) is 2.07. The molecule has 3 heteroatoms. The van der Waals surface area contributed by atoms with Gasteiger partial charge in [0.05, 0.1) is 17.1 Å². The van der Waals surface area contributed by atoms with Crippen molar-refractivity contribution >= 4 is 15.9 Å². The van der Waals surface area contributed by atoms with Crippen LogP contribution in [0.3, 0.4) is 0 Å². The van der Waals surface area contributed by atoms with Crippen LogP contribution < -0.4 is 0 Å².